The van der Waals surface area contributed by atoms with E-state index in [2.05, 4.69) is 4.72 Å². The predicted octanol–water partition coefficient (Wildman–Crippen LogP) is 1.45. The lowest BCUT2D eigenvalue weighted by Crippen LogP contribution is -2.26. The molecule has 0 fully saturated rings. The molecule has 0 unspecified atom stereocenters. The Balaban J connectivity index is 1.89. The number of amidine groups is 1. The predicted molar refractivity (Wildman–Crippen MR) is 143 cm³/mol. The van der Waals surface area contributed by atoms with Gasteiger partial charge in [-0.3, -0.25) is 5.41 Å². The van der Waals surface area contributed by atoms with Gasteiger partial charge in [0.1, 0.15) is 22.2 Å². The zero-order chi connectivity index (χ0) is 28.8. The number of benzene rings is 3. The molecule has 0 amide bonds. The van der Waals surface area contributed by atoms with Crippen LogP contribution in [0.2, 0.25) is 0 Å². The fourth-order valence-corrected chi connectivity index (χ4v) is 5.56. The maximum absolute atomic E-state index is 12.8. The highest BCUT2D eigenvalue weighted by Crippen LogP contribution is 2.32. The van der Waals surface area contributed by atoms with Gasteiger partial charge in [-0.2, -0.15) is 0 Å². The second-order valence-corrected chi connectivity index (χ2v) is 11.5. The second kappa shape index (κ2) is 12.3. The first kappa shape index (κ1) is 29.6. The number of esters is 1. The molecule has 0 aliphatic heterocycles. The number of nitrogens with two attached hydrogens (primary N) is 2. The minimum atomic E-state index is -4.18. The Hall–Kier alpha value is -3.98. The molecule has 7 N–H and O–H groups in total. The highest BCUT2D eigenvalue weighted by atomic mass is 32.2. The van der Waals surface area contributed by atoms with Crippen LogP contribution in [-0.2, 0) is 36.0 Å². The minimum Gasteiger partial charge on any atom is -0.507 e. The number of carbonyl (C=O) groups excluding carboxylic acids is 1. The van der Waals surface area contributed by atoms with Crippen molar-refractivity contribution in [2.24, 2.45) is 10.9 Å². The Morgan fingerprint density at radius 1 is 1.03 bits per heavy atom. The van der Waals surface area contributed by atoms with Gasteiger partial charge in [0.2, 0.25) is 20.0 Å². The number of phenols is 1. The second-order valence-electron chi connectivity index (χ2n) is 8.20. The van der Waals surface area contributed by atoms with Gasteiger partial charge in [0, 0.05) is 17.7 Å². The smallest absolute Gasteiger partial charge is 0.344 e. The number of phenolic OH excluding ortho intramolecular Hbond substituents is 1. The quantitative estimate of drug-likeness (QED) is 0.120. The molecule has 0 radical (unpaired) electrons. The summed E-state index contributed by atoms with van der Waals surface area (Å²) in [6.07, 6.45) is 0.0989. The van der Waals surface area contributed by atoms with Crippen LogP contribution in [0.5, 0.6) is 11.5 Å². The van der Waals surface area contributed by atoms with Crippen LogP contribution in [0.25, 0.3) is 11.1 Å². The Bertz CT molecular complexity index is 1610. The molecule has 0 bridgehead atoms. The van der Waals surface area contributed by atoms with Crippen molar-refractivity contribution in [2.45, 2.75) is 23.1 Å². The summed E-state index contributed by atoms with van der Waals surface area (Å²) in [5.41, 5.74) is 6.80. The molecule has 12 nitrogen and oxygen atoms in total. The van der Waals surface area contributed by atoms with E-state index in [9.17, 15) is 26.7 Å². The molecule has 0 saturated heterocycles. The van der Waals surface area contributed by atoms with Gasteiger partial charge in [0.05, 0.1) is 11.5 Å². The summed E-state index contributed by atoms with van der Waals surface area (Å²) in [6.45, 7) is 1.23. The van der Waals surface area contributed by atoms with Crippen LogP contribution in [0.15, 0.2) is 70.5 Å². The van der Waals surface area contributed by atoms with Gasteiger partial charge in [-0.05, 0) is 54.8 Å². The molecule has 0 atom stereocenters. The third-order valence-corrected chi connectivity index (χ3v) is 7.93. The van der Waals surface area contributed by atoms with E-state index < -0.39 is 43.3 Å². The standard InChI is InChI=1S/C25H28N4O8S2/c1-2-36-24(31)15-37-21-13-17(19-5-3-4-6-22(19)38(28,32)33)8-7-16(21)11-12-29-39(34,35)23-14-18(25(26)27)9-10-20(23)30/h3-10,13-14,29-30H,2,11-12,15H2,1H3,(H3,26,27)(H2,28,32,33). The summed E-state index contributed by atoms with van der Waals surface area (Å²) >= 11 is 0. The van der Waals surface area contributed by atoms with Gasteiger partial charge in [-0.1, -0.05) is 30.3 Å². The first-order valence-corrected chi connectivity index (χ1v) is 14.6. The van der Waals surface area contributed by atoms with Gasteiger partial charge in [0.25, 0.3) is 0 Å². The molecule has 3 aromatic rings. The summed E-state index contributed by atoms with van der Waals surface area (Å²) < 4.78 is 62.7. The maximum Gasteiger partial charge on any atom is 0.344 e. The number of ether oxygens (including phenoxy) is 2. The highest BCUT2D eigenvalue weighted by Gasteiger charge is 2.21. The van der Waals surface area contributed by atoms with E-state index in [0.29, 0.717) is 16.7 Å². The van der Waals surface area contributed by atoms with E-state index in [-0.39, 0.29) is 41.6 Å². The number of rotatable bonds is 12. The summed E-state index contributed by atoms with van der Waals surface area (Å²) in [7, 11) is -8.22. The van der Waals surface area contributed by atoms with Crippen LogP contribution in [0.1, 0.15) is 18.1 Å². The largest absolute Gasteiger partial charge is 0.507 e. The van der Waals surface area contributed by atoms with Crippen LogP contribution in [0.4, 0.5) is 0 Å². The molecule has 0 saturated carbocycles. The molecular formula is C25H28N4O8S2. The molecule has 0 aliphatic carbocycles. The fraction of sp³-hybridized carbons (Fsp3) is 0.200. The maximum atomic E-state index is 12.8. The molecule has 14 heteroatoms. The molecule has 3 aromatic carbocycles. The molecule has 208 valence electrons. The summed E-state index contributed by atoms with van der Waals surface area (Å²) in [4.78, 5) is 11.4. The fourth-order valence-electron chi connectivity index (χ4n) is 3.65. The van der Waals surface area contributed by atoms with Crippen molar-refractivity contribution in [3.8, 4) is 22.6 Å². The number of primary sulfonamides is 1. The van der Waals surface area contributed by atoms with E-state index in [1.807, 2.05) is 0 Å². The first-order valence-electron chi connectivity index (χ1n) is 11.5. The first-order chi connectivity index (χ1) is 18.3. The zero-order valence-electron chi connectivity index (χ0n) is 20.9. The van der Waals surface area contributed by atoms with Crippen molar-refractivity contribution in [1.29, 1.82) is 5.41 Å². The minimum absolute atomic E-state index is 0.0989. The zero-order valence-corrected chi connectivity index (χ0v) is 22.5. The Kier molecular flexibility index (Phi) is 9.29. The average Bonchev–Trinajstić information content (AvgIpc) is 2.87. The summed E-state index contributed by atoms with van der Waals surface area (Å²) in [5.74, 6) is -1.30. The van der Waals surface area contributed by atoms with E-state index in [0.717, 1.165) is 12.1 Å². The SMILES string of the molecule is CCOC(=O)COc1cc(-c2ccccc2S(N)(=O)=O)ccc1CCNS(=O)(=O)c1cc(C(=N)N)ccc1O. The number of carbonyl (C=O) groups is 1. The van der Waals surface area contributed by atoms with Gasteiger partial charge < -0.3 is 20.3 Å². The Morgan fingerprint density at radius 3 is 2.41 bits per heavy atom. The number of hydrogen-bond donors (Lipinski definition) is 5. The van der Waals surface area contributed by atoms with Crippen molar-refractivity contribution < 1.29 is 36.2 Å². The Morgan fingerprint density at radius 2 is 1.74 bits per heavy atom. The van der Waals surface area contributed by atoms with Crippen molar-refractivity contribution >= 4 is 31.9 Å². The number of sulfonamides is 2. The van der Waals surface area contributed by atoms with Gasteiger partial charge in [0.15, 0.2) is 6.61 Å². The Labute approximate surface area is 226 Å². The van der Waals surface area contributed by atoms with Gasteiger partial charge in [-0.15, -0.1) is 0 Å². The van der Waals surface area contributed by atoms with Crippen molar-refractivity contribution in [1.82, 2.24) is 4.72 Å². The van der Waals surface area contributed by atoms with Crippen LogP contribution >= 0.6 is 0 Å². The van der Waals surface area contributed by atoms with Gasteiger partial charge in [-0.25, -0.2) is 31.5 Å². The highest BCUT2D eigenvalue weighted by molar-refractivity contribution is 7.89. The third-order valence-electron chi connectivity index (χ3n) is 5.47. The monoisotopic (exact) mass is 576 g/mol. The number of aromatic hydroxyl groups is 1. The molecule has 0 aromatic heterocycles. The average molecular weight is 577 g/mol. The summed E-state index contributed by atoms with van der Waals surface area (Å²) in [5, 5.41) is 22.9. The molecule has 0 aliphatic rings. The van der Waals surface area contributed by atoms with E-state index >= 15 is 0 Å². The number of nitrogen functional groups attached to an aromatic ring is 1. The van der Waals surface area contributed by atoms with E-state index in [4.69, 9.17) is 25.8 Å². The third kappa shape index (κ3) is 7.54. The van der Waals surface area contributed by atoms with Crippen LogP contribution in [0.3, 0.4) is 0 Å². The van der Waals surface area contributed by atoms with Crippen molar-refractivity contribution in [2.75, 3.05) is 19.8 Å². The lowest BCUT2D eigenvalue weighted by molar-refractivity contribution is -0.145. The van der Waals surface area contributed by atoms with E-state index in [1.54, 1.807) is 31.2 Å². The van der Waals surface area contributed by atoms with Crippen LogP contribution in [0, 0.1) is 5.41 Å². The molecule has 0 heterocycles. The summed E-state index contributed by atoms with van der Waals surface area (Å²) in [6, 6.07) is 14.4. The molecule has 3 rings (SSSR count). The lowest BCUT2D eigenvalue weighted by Gasteiger charge is -2.15. The van der Waals surface area contributed by atoms with Crippen molar-refractivity contribution in [3.05, 3.63) is 71.8 Å². The number of hydrogen-bond acceptors (Lipinski definition) is 9. The normalized spacial score (nSPS) is 11.6. The van der Waals surface area contributed by atoms with Crippen LogP contribution in [-0.4, -0.2) is 53.5 Å². The number of nitrogens with one attached hydrogen (secondary N) is 2. The topological polar surface area (TPSA) is 212 Å². The molecule has 0 spiro atoms. The lowest BCUT2D eigenvalue weighted by atomic mass is 10.0. The van der Waals surface area contributed by atoms with Crippen molar-refractivity contribution in [3.63, 3.8) is 0 Å². The van der Waals surface area contributed by atoms with E-state index in [1.165, 1.54) is 24.3 Å². The van der Waals surface area contributed by atoms with Gasteiger partial charge >= 0.3 is 5.97 Å². The molecular weight excluding hydrogens is 548 g/mol. The van der Waals surface area contributed by atoms with Crippen LogP contribution < -0.4 is 20.3 Å². The molecule has 39 heavy (non-hydrogen) atoms.